The van der Waals surface area contributed by atoms with Crippen LogP contribution in [0.3, 0.4) is 0 Å². The van der Waals surface area contributed by atoms with E-state index in [1.165, 1.54) is 0 Å². The molecule has 0 aliphatic carbocycles. The fourth-order valence-electron chi connectivity index (χ4n) is 3.13. The lowest BCUT2D eigenvalue weighted by Crippen LogP contribution is -2.28. The summed E-state index contributed by atoms with van der Waals surface area (Å²) in [6, 6.07) is 15.2. The molecule has 2 aromatic heterocycles. The van der Waals surface area contributed by atoms with Crippen LogP contribution in [0.1, 0.15) is 18.8 Å². The van der Waals surface area contributed by atoms with Gasteiger partial charge in [-0.05, 0) is 48.7 Å². The van der Waals surface area contributed by atoms with Crippen molar-refractivity contribution in [1.29, 1.82) is 0 Å². The van der Waals surface area contributed by atoms with Crippen molar-refractivity contribution >= 4 is 80.0 Å². The molecule has 192 valence electrons. The Morgan fingerprint density at radius 2 is 1.11 bits per heavy atom. The maximum absolute atomic E-state index is 5.90. The van der Waals surface area contributed by atoms with Crippen LogP contribution in [0.15, 0.2) is 71.1 Å². The summed E-state index contributed by atoms with van der Waals surface area (Å²) in [5.41, 5.74) is 20.1. The normalized spacial score (nSPS) is 10.4. The Bertz CT molecular complexity index is 1330. The van der Waals surface area contributed by atoms with Crippen molar-refractivity contribution in [3.63, 3.8) is 0 Å². The predicted octanol–water partition coefficient (Wildman–Crippen LogP) is 3.13. The van der Waals surface area contributed by atoms with Gasteiger partial charge in [-0.1, -0.05) is 31.7 Å². The van der Waals surface area contributed by atoms with Crippen LogP contribution in [0.2, 0.25) is 0 Å². The van der Waals surface area contributed by atoms with E-state index >= 15 is 0 Å². The highest BCUT2D eigenvalue weighted by atomic mass is 32.1. The van der Waals surface area contributed by atoms with E-state index in [1.807, 2.05) is 48.5 Å². The second kappa shape index (κ2) is 14.2. The molecule has 12 heteroatoms. The number of nitrogens with zero attached hydrogens (tertiary/aromatic N) is 4. The number of nitrogens with one attached hydrogen (secondary N) is 4. The van der Waals surface area contributed by atoms with Gasteiger partial charge in [0.1, 0.15) is 0 Å². The van der Waals surface area contributed by atoms with Crippen molar-refractivity contribution in [2.24, 2.45) is 10.2 Å². The van der Waals surface area contributed by atoms with Gasteiger partial charge in [-0.25, -0.2) is 0 Å². The molecule has 2 heterocycles. The molecule has 0 spiro atoms. The van der Waals surface area contributed by atoms with E-state index in [9.17, 15) is 0 Å². The number of hydrazone groups is 2. The van der Waals surface area contributed by atoms with Crippen LogP contribution in [0.25, 0.3) is 21.5 Å². The second-order valence-electron chi connectivity index (χ2n) is 7.18. The van der Waals surface area contributed by atoms with Crippen molar-refractivity contribution in [3.8, 4) is 0 Å². The van der Waals surface area contributed by atoms with Crippen LogP contribution in [0.5, 0.6) is 0 Å². The zero-order valence-corrected chi connectivity index (χ0v) is 21.3. The first-order valence-corrected chi connectivity index (χ1v) is 11.5. The van der Waals surface area contributed by atoms with Gasteiger partial charge in [-0.15, -0.1) is 0 Å². The second-order valence-corrected chi connectivity index (χ2v) is 7.99. The van der Waals surface area contributed by atoms with Gasteiger partial charge in [-0.3, -0.25) is 20.8 Å². The fourth-order valence-corrected chi connectivity index (χ4v) is 3.24. The Balaban J connectivity index is 0.000000253. The molecule has 0 atom stereocenters. The van der Waals surface area contributed by atoms with Gasteiger partial charge in [0.2, 0.25) is 0 Å². The number of aromatic nitrogens is 2. The van der Waals surface area contributed by atoms with Gasteiger partial charge in [-0.2, -0.15) is 10.2 Å². The largest absolute Gasteiger partial charge is 0.398 e. The number of benzene rings is 2. The fraction of sp³-hybridized carbons (Fsp3) is 0.120. The monoisotopic (exact) mass is 534 g/mol. The summed E-state index contributed by atoms with van der Waals surface area (Å²) in [5, 5.41) is 18.3. The zero-order valence-electron chi connectivity index (χ0n) is 19.7. The molecule has 0 aliphatic heterocycles. The van der Waals surface area contributed by atoms with E-state index in [4.69, 9.17) is 35.9 Å². The molecule has 10 nitrogen and oxygen atoms in total. The number of pyridine rings is 2. The highest BCUT2D eigenvalue weighted by Gasteiger charge is 2.03. The molecule has 4 rings (SSSR count). The van der Waals surface area contributed by atoms with Crippen molar-refractivity contribution in [1.82, 2.24) is 31.5 Å². The predicted molar refractivity (Wildman–Crippen MR) is 164 cm³/mol. The lowest BCUT2D eigenvalue weighted by Gasteiger charge is -2.04. The minimum Gasteiger partial charge on any atom is -0.398 e. The first-order valence-electron chi connectivity index (χ1n) is 10.7. The number of nitrogen functional groups attached to an aromatic ring is 2. The first-order chi connectivity index (χ1) is 17.4. The van der Waals surface area contributed by atoms with Gasteiger partial charge in [0.15, 0.2) is 10.2 Å². The van der Waals surface area contributed by atoms with Gasteiger partial charge in [0.25, 0.3) is 0 Å². The summed E-state index contributed by atoms with van der Waals surface area (Å²) in [4.78, 5) is 8.52. The average molecular weight is 535 g/mol. The van der Waals surface area contributed by atoms with E-state index < -0.39 is 0 Å². The summed E-state index contributed by atoms with van der Waals surface area (Å²) in [6.45, 7) is 0. The number of fused-ring (bicyclic) bond motifs is 2. The van der Waals surface area contributed by atoms with Gasteiger partial charge in [0.05, 0.1) is 23.8 Å². The lowest BCUT2D eigenvalue weighted by atomic mass is 10.1. The van der Waals surface area contributed by atoms with Crippen molar-refractivity contribution in [3.05, 3.63) is 72.3 Å². The molecular formula is C25H30N10S2. The molecule has 0 saturated carbocycles. The Hall–Kier alpha value is -4.42. The van der Waals surface area contributed by atoms with Gasteiger partial charge >= 0.3 is 0 Å². The minimum atomic E-state index is 0. The van der Waals surface area contributed by atoms with E-state index in [1.54, 1.807) is 38.9 Å². The summed E-state index contributed by atoms with van der Waals surface area (Å²) >= 11 is 9.82. The highest BCUT2D eigenvalue weighted by molar-refractivity contribution is 7.80. The number of rotatable bonds is 4. The number of hydrogen-bond acceptors (Lipinski definition) is 8. The molecule has 2 aromatic carbocycles. The first kappa shape index (κ1) is 28.8. The summed E-state index contributed by atoms with van der Waals surface area (Å²) < 4.78 is 0. The van der Waals surface area contributed by atoms with E-state index in [0.29, 0.717) is 10.2 Å². The number of anilines is 2. The maximum atomic E-state index is 5.90. The van der Waals surface area contributed by atoms with Gasteiger partial charge < -0.3 is 22.1 Å². The van der Waals surface area contributed by atoms with Crippen molar-refractivity contribution < 1.29 is 0 Å². The Morgan fingerprint density at radius 1 is 0.703 bits per heavy atom. The smallest absolute Gasteiger partial charge is 0.186 e. The summed E-state index contributed by atoms with van der Waals surface area (Å²) in [6.07, 6.45) is 6.64. The van der Waals surface area contributed by atoms with E-state index in [2.05, 4.69) is 41.7 Å². The van der Waals surface area contributed by atoms with Crippen LogP contribution >= 0.6 is 24.4 Å². The van der Waals surface area contributed by atoms with Crippen LogP contribution < -0.4 is 33.0 Å². The van der Waals surface area contributed by atoms with Crippen LogP contribution in [-0.2, 0) is 0 Å². The molecule has 0 saturated heterocycles. The molecule has 0 bridgehead atoms. The van der Waals surface area contributed by atoms with Crippen LogP contribution in [0, 0.1) is 0 Å². The quantitative estimate of drug-likeness (QED) is 0.0997. The molecule has 37 heavy (non-hydrogen) atoms. The third kappa shape index (κ3) is 7.78. The average Bonchev–Trinajstić information content (AvgIpc) is 2.90. The molecule has 0 amide bonds. The Labute approximate surface area is 226 Å². The maximum Gasteiger partial charge on any atom is 0.186 e. The van der Waals surface area contributed by atoms with Crippen LogP contribution in [0.4, 0.5) is 11.4 Å². The number of nitrogens with two attached hydrogens (primary N) is 2. The molecule has 0 radical (unpaired) electrons. The van der Waals surface area contributed by atoms with Crippen LogP contribution in [-0.4, -0.2) is 46.7 Å². The highest BCUT2D eigenvalue weighted by Crippen LogP contribution is 2.22. The standard InChI is InChI=1S/2C12H13N5S.CH4/c2*1-14-12(18)17-16-7-11-9-3-2-4-10(13)8(9)5-6-15-11;/h2*2-7H,13H2,1H3,(H2,14,17,18);1H4/b16-7+;16-7-;. The molecule has 8 N–H and O–H groups in total. The molecule has 0 unspecified atom stereocenters. The minimum absolute atomic E-state index is 0. The SMILES string of the molecule is C.CNC(=S)N/N=C/c1nccc2c(N)cccc12.CNC(=S)N/N=C\c1nccc2c(N)cccc12. The van der Waals surface area contributed by atoms with Crippen molar-refractivity contribution in [2.75, 3.05) is 25.6 Å². The topological polar surface area (TPSA) is 151 Å². The molecule has 0 fully saturated rings. The summed E-state index contributed by atoms with van der Waals surface area (Å²) in [5.74, 6) is 0. The molecule has 4 aromatic rings. The molecule has 0 aliphatic rings. The third-order valence-electron chi connectivity index (χ3n) is 4.90. The van der Waals surface area contributed by atoms with E-state index in [0.717, 1.165) is 44.3 Å². The Kier molecular flexibility index (Phi) is 11.1. The zero-order chi connectivity index (χ0) is 25.9. The number of hydrogen-bond donors (Lipinski definition) is 6. The number of thiocarbonyl (C=S) groups is 2. The Morgan fingerprint density at radius 3 is 1.49 bits per heavy atom. The van der Waals surface area contributed by atoms with E-state index in [-0.39, 0.29) is 7.43 Å². The summed E-state index contributed by atoms with van der Waals surface area (Å²) in [7, 11) is 3.45. The molecular weight excluding hydrogens is 504 g/mol. The van der Waals surface area contributed by atoms with Gasteiger partial charge in [0, 0.05) is 59.4 Å². The van der Waals surface area contributed by atoms with Crippen molar-refractivity contribution in [2.45, 2.75) is 7.43 Å². The lowest BCUT2D eigenvalue weighted by molar-refractivity contribution is 0.981. The third-order valence-corrected chi connectivity index (χ3v) is 5.49.